The second-order valence-corrected chi connectivity index (χ2v) is 10.2. The Bertz CT molecular complexity index is 1510. The van der Waals surface area contributed by atoms with Crippen LogP contribution in [0.25, 0.3) is 44.8 Å². The van der Waals surface area contributed by atoms with Gasteiger partial charge in [0.2, 0.25) is 0 Å². The molecule has 0 aliphatic heterocycles. The summed E-state index contributed by atoms with van der Waals surface area (Å²) >= 11 is 0. The fourth-order valence-corrected chi connectivity index (χ4v) is 4.55. The predicted octanol–water partition coefficient (Wildman–Crippen LogP) is 8.89. The molecule has 0 saturated heterocycles. The van der Waals surface area contributed by atoms with E-state index in [1.165, 1.54) is 17.8 Å². The van der Waals surface area contributed by atoms with Crippen LogP contribution in [-0.2, 0) is 5.41 Å². The fraction of sp³-hybridized carbons (Fsp3) is 0.152. The van der Waals surface area contributed by atoms with Crippen molar-refractivity contribution in [2.75, 3.05) is 0 Å². The maximum absolute atomic E-state index is 13.8. The number of halogens is 1. The molecule has 3 aromatic carbocycles. The maximum Gasteiger partial charge on any atom is 0.141 e. The Labute approximate surface area is 212 Å². The van der Waals surface area contributed by atoms with Gasteiger partial charge in [0.1, 0.15) is 5.82 Å². The number of rotatable bonds is 4. The van der Waals surface area contributed by atoms with Gasteiger partial charge in [-0.1, -0.05) is 81.4 Å². The molecule has 2 heterocycles. The van der Waals surface area contributed by atoms with E-state index < -0.39 is 0 Å². The molecule has 0 radical (unpaired) electrons. The van der Waals surface area contributed by atoms with Gasteiger partial charge in [-0.05, 0) is 76.1 Å². The zero-order valence-corrected chi connectivity index (χ0v) is 21.1. The molecule has 36 heavy (non-hydrogen) atoms. The number of aromatic nitrogens is 2. The molecule has 0 N–H and O–H groups in total. The first-order valence-electron chi connectivity index (χ1n) is 12.2. The van der Waals surface area contributed by atoms with Crippen molar-refractivity contribution in [1.82, 2.24) is 9.97 Å². The topological polar surface area (TPSA) is 25.8 Å². The molecule has 0 fully saturated rings. The Morgan fingerprint density at radius 1 is 0.639 bits per heavy atom. The minimum absolute atomic E-state index is 0.0368. The lowest BCUT2D eigenvalue weighted by molar-refractivity contribution is 0.590. The third-order valence-electron chi connectivity index (χ3n) is 6.57. The molecule has 0 aliphatic carbocycles. The second-order valence-electron chi connectivity index (χ2n) is 10.2. The zero-order valence-electron chi connectivity index (χ0n) is 21.1. The molecule has 0 saturated carbocycles. The first kappa shape index (κ1) is 23.6. The summed E-state index contributed by atoms with van der Waals surface area (Å²) in [5.74, 6) is -0.343. The van der Waals surface area contributed by atoms with Gasteiger partial charge in [0.15, 0.2) is 0 Å². The van der Waals surface area contributed by atoms with Gasteiger partial charge in [-0.2, -0.15) is 0 Å². The molecular weight excluding hydrogens is 443 g/mol. The third-order valence-corrected chi connectivity index (χ3v) is 6.57. The number of hydrogen-bond acceptors (Lipinski definition) is 2. The van der Waals surface area contributed by atoms with Gasteiger partial charge in [0, 0.05) is 17.3 Å². The van der Waals surface area contributed by atoms with E-state index in [2.05, 4.69) is 99.4 Å². The van der Waals surface area contributed by atoms with Crippen LogP contribution in [0, 0.1) is 12.7 Å². The summed E-state index contributed by atoms with van der Waals surface area (Å²) < 4.78 is 13.8. The number of aryl methyl sites for hydroxylation is 1. The Kier molecular flexibility index (Phi) is 6.24. The van der Waals surface area contributed by atoms with Gasteiger partial charge in [0.05, 0.1) is 17.6 Å². The van der Waals surface area contributed by atoms with E-state index in [0.717, 1.165) is 50.3 Å². The van der Waals surface area contributed by atoms with Gasteiger partial charge in [-0.25, -0.2) is 4.39 Å². The van der Waals surface area contributed by atoms with Crippen LogP contribution in [0.15, 0.2) is 103 Å². The summed E-state index contributed by atoms with van der Waals surface area (Å²) in [5, 5.41) is 0. The Morgan fingerprint density at radius 3 is 2.08 bits per heavy atom. The van der Waals surface area contributed by atoms with Crippen molar-refractivity contribution in [1.29, 1.82) is 0 Å². The predicted molar refractivity (Wildman–Crippen MR) is 147 cm³/mol. The van der Waals surface area contributed by atoms with E-state index in [0.29, 0.717) is 0 Å². The highest BCUT2D eigenvalue weighted by atomic mass is 19.1. The minimum atomic E-state index is -0.343. The Hall–Kier alpha value is -4.11. The number of nitrogens with zero attached hydrogens (tertiary/aromatic N) is 2. The van der Waals surface area contributed by atoms with Crippen LogP contribution in [0.3, 0.4) is 0 Å². The van der Waals surface area contributed by atoms with E-state index in [4.69, 9.17) is 4.98 Å². The molecule has 0 bridgehead atoms. The lowest BCUT2D eigenvalue weighted by Crippen LogP contribution is -2.11. The van der Waals surface area contributed by atoms with E-state index >= 15 is 0 Å². The van der Waals surface area contributed by atoms with Crippen LogP contribution in [0.1, 0.15) is 31.9 Å². The lowest BCUT2D eigenvalue weighted by Gasteiger charge is -2.22. The number of hydrogen-bond donors (Lipinski definition) is 0. The quantitative estimate of drug-likeness (QED) is 0.261. The number of benzene rings is 3. The summed E-state index contributed by atoms with van der Waals surface area (Å²) in [7, 11) is 0. The second kappa shape index (κ2) is 9.50. The van der Waals surface area contributed by atoms with Crippen molar-refractivity contribution >= 4 is 0 Å². The zero-order chi connectivity index (χ0) is 25.3. The van der Waals surface area contributed by atoms with Crippen LogP contribution in [0.5, 0.6) is 0 Å². The van der Waals surface area contributed by atoms with Crippen LogP contribution < -0.4 is 0 Å². The first-order valence-corrected chi connectivity index (χ1v) is 12.2. The van der Waals surface area contributed by atoms with E-state index in [-0.39, 0.29) is 11.2 Å². The molecule has 0 spiro atoms. The van der Waals surface area contributed by atoms with Gasteiger partial charge in [-0.15, -0.1) is 0 Å². The van der Waals surface area contributed by atoms with Crippen molar-refractivity contribution in [2.24, 2.45) is 0 Å². The van der Waals surface area contributed by atoms with Crippen molar-refractivity contribution < 1.29 is 4.39 Å². The fourth-order valence-electron chi connectivity index (χ4n) is 4.55. The molecule has 5 rings (SSSR count). The van der Waals surface area contributed by atoms with Crippen molar-refractivity contribution in [3.05, 3.63) is 120 Å². The monoisotopic (exact) mass is 472 g/mol. The highest BCUT2D eigenvalue weighted by Crippen LogP contribution is 2.41. The van der Waals surface area contributed by atoms with Crippen molar-refractivity contribution in [2.45, 2.75) is 33.1 Å². The summed E-state index contributed by atoms with van der Waals surface area (Å²) in [6.07, 6.45) is 3.12. The van der Waals surface area contributed by atoms with Crippen LogP contribution in [0.2, 0.25) is 0 Å². The minimum Gasteiger partial charge on any atom is -0.256 e. The van der Waals surface area contributed by atoms with Gasteiger partial charge >= 0.3 is 0 Å². The number of pyridine rings is 2. The van der Waals surface area contributed by atoms with Crippen molar-refractivity contribution in [3.8, 4) is 44.8 Å². The molecule has 0 aliphatic rings. The van der Waals surface area contributed by atoms with Gasteiger partial charge in [-0.3, -0.25) is 9.97 Å². The van der Waals surface area contributed by atoms with Crippen LogP contribution in [0.4, 0.5) is 4.39 Å². The van der Waals surface area contributed by atoms with Gasteiger partial charge in [0.25, 0.3) is 0 Å². The Morgan fingerprint density at radius 2 is 1.39 bits per heavy atom. The van der Waals surface area contributed by atoms with Crippen LogP contribution in [-0.4, -0.2) is 9.97 Å². The molecule has 2 aromatic heterocycles. The van der Waals surface area contributed by atoms with Crippen LogP contribution >= 0.6 is 0 Å². The molecule has 0 amide bonds. The molecule has 178 valence electrons. The smallest absolute Gasteiger partial charge is 0.141 e. The average Bonchev–Trinajstić information content (AvgIpc) is 2.89. The van der Waals surface area contributed by atoms with Gasteiger partial charge < -0.3 is 0 Å². The van der Waals surface area contributed by atoms with E-state index in [1.54, 1.807) is 6.07 Å². The maximum atomic E-state index is 13.8. The molecule has 3 heteroatoms. The standard InChI is InChI=1S/C33H29FN2/c1-22-9-8-18-35-32(22)30-19-24(23-10-6-5-7-11-23)12-15-28(30)27-16-13-25(33(2,3)4)20-29(27)31-17-14-26(34)21-36-31/h5-21H,1-4H3. The van der Waals surface area contributed by atoms with Crippen molar-refractivity contribution in [3.63, 3.8) is 0 Å². The third kappa shape index (κ3) is 4.70. The summed E-state index contributed by atoms with van der Waals surface area (Å²) in [4.78, 5) is 9.23. The highest BCUT2D eigenvalue weighted by Gasteiger charge is 2.20. The Balaban J connectivity index is 1.79. The highest BCUT2D eigenvalue weighted by molar-refractivity contribution is 5.93. The van der Waals surface area contributed by atoms with E-state index in [1.807, 2.05) is 18.3 Å². The SMILES string of the molecule is Cc1cccnc1-c1cc(-c2ccccc2)ccc1-c1ccc(C(C)(C)C)cc1-c1ccc(F)cn1. The van der Waals surface area contributed by atoms with E-state index in [9.17, 15) is 4.39 Å². The molecular formula is C33H29FN2. The normalized spacial score (nSPS) is 11.5. The molecule has 2 nitrogen and oxygen atoms in total. The average molecular weight is 473 g/mol. The molecule has 0 atom stereocenters. The summed E-state index contributed by atoms with van der Waals surface area (Å²) in [6.45, 7) is 8.68. The lowest BCUT2D eigenvalue weighted by atomic mass is 9.82. The molecule has 0 unspecified atom stereocenters. The molecule has 5 aromatic rings. The summed E-state index contributed by atoms with van der Waals surface area (Å²) in [5.41, 5.74) is 10.4. The largest absolute Gasteiger partial charge is 0.256 e. The first-order chi connectivity index (χ1) is 17.3. The summed E-state index contributed by atoms with van der Waals surface area (Å²) in [6, 6.07) is 30.7.